The summed E-state index contributed by atoms with van der Waals surface area (Å²) in [6, 6.07) is 1.84. The minimum Gasteiger partial charge on any atom is -0.494 e. The summed E-state index contributed by atoms with van der Waals surface area (Å²) in [4.78, 5) is 62.3. The van der Waals surface area contributed by atoms with E-state index in [0.717, 1.165) is 11.8 Å². The van der Waals surface area contributed by atoms with E-state index in [9.17, 15) is 27.9 Å². The first-order valence-electron chi connectivity index (χ1n) is 19.2. The van der Waals surface area contributed by atoms with Crippen LogP contribution in [0.4, 0.5) is 13.6 Å². The van der Waals surface area contributed by atoms with Crippen LogP contribution in [0, 0.1) is 17.8 Å². The van der Waals surface area contributed by atoms with Crippen LogP contribution in [0.2, 0.25) is 0 Å². The Labute approximate surface area is 325 Å². The Morgan fingerprint density at radius 3 is 2.45 bits per heavy atom. The first-order valence-corrected chi connectivity index (χ1v) is 20.7. The highest BCUT2D eigenvalue weighted by atomic mass is 32.2. The number of amides is 4. The zero-order valence-corrected chi connectivity index (χ0v) is 33.3. The molecule has 2 saturated carbocycles. The van der Waals surface area contributed by atoms with Crippen LogP contribution >= 0.6 is 0 Å². The van der Waals surface area contributed by atoms with Gasteiger partial charge in [-0.25, -0.2) is 18.2 Å². The fraction of sp³-hybridized carbons (Fsp3) is 0.615. The lowest BCUT2D eigenvalue weighted by Crippen LogP contribution is -2.63. The number of rotatable bonds is 9. The van der Waals surface area contributed by atoms with Gasteiger partial charge >= 0.3 is 12.0 Å². The number of nitrogens with one attached hydrogen (secondary N) is 2. The first kappa shape index (κ1) is 41.1. The predicted octanol–water partition coefficient (Wildman–Crippen LogP) is 4.87. The van der Waals surface area contributed by atoms with Gasteiger partial charge in [-0.1, -0.05) is 50.6 Å². The van der Waals surface area contributed by atoms with E-state index >= 15 is 13.6 Å². The molecule has 3 heterocycles. The maximum Gasteiger partial charge on any atom is 0.408 e. The molecule has 4 amide bonds. The van der Waals surface area contributed by atoms with E-state index in [0.29, 0.717) is 59.9 Å². The lowest BCUT2D eigenvalue weighted by molar-refractivity contribution is -0.163. The van der Waals surface area contributed by atoms with Gasteiger partial charge in [0.2, 0.25) is 27.7 Å². The number of sulfonamides is 1. The molecule has 56 heavy (non-hydrogen) atoms. The van der Waals surface area contributed by atoms with Crippen LogP contribution in [-0.4, -0.2) is 106 Å². The second kappa shape index (κ2) is 15.1. The summed E-state index contributed by atoms with van der Waals surface area (Å²) in [6.07, 6.45) is 5.87. The molecule has 14 nitrogen and oxygen atoms in total. The molecule has 3 fully saturated rings. The maximum absolute atomic E-state index is 17.5. The van der Waals surface area contributed by atoms with Crippen molar-refractivity contribution in [2.75, 3.05) is 13.7 Å². The van der Waals surface area contributed by atoms with Gasteiger partial charge in [-0.3, -0.25) is 24.0 Å². The minimum atomic E-state index is -4.19. The molecule has 0 spiro atoms. The molecule has 17 heteroatoms. The highest BCUT2D eigenvalue weighted by molar-refractivity contribution is 7.91. The third-order valence-electron chi connectivity index (χ3n) is 11.8. The van der Waals surface area contributed by atoms with Crippen molar-refractivity contribution in [3.63, 3.8) is 0 Å². The van der Waals surface area contributed by atoms with Crippen molar-refractivity contribution in [1.29, 1.82) is 0 Å². The van der Waals surface area contributed by atoms with E-state index in [-0.39, 0.29) is 18.2 Å². The quantitative estimate of drug-likeness (QED) is 0.296. The zero-order chi connectivity index (χ0) is 41.0. The Morgan fingerprint density at radius 1 is 1.16 bits per heavy atom. The molecule has 6 rings (SSSR count). The third kappa shape index (κ3) is 7.38. The molecule has 306 valence electrons. The number of carbonyl (C=O) groups is 4. The van der Waals surface area contributed by atoms with Crippen molar-refractivity contribution in [2.45, 2.75) is 120 Å². The van der Waals surface area contributed by atoms with Gasteiger partial charge in [0.05, 0.1) is 25.1 Å². The van der Waals surface area contributed by atoms with E-state index in [1.165, 1.54) is 13.3 Å². The van der Waals surface area contributed by atoms with Crippen molar-refractivity contribution >= 4 is 44.6 Å². The molecule has 0 bridgehead atoms. The molecular formula is C39H51F2N5O9S. The van der Waals surface area contributed by atoms with E-state index in [4.69, 9.17) is 9.47 Å². The number of halogens is 2. The summed E-state index contributed by atoms with van der Waals surface area (Å²) in [5, 5.41) is 13.0. The van der Waals surface area contributed by atoms with Crippen molar-refractivity contribution in [3.05, 3.63) is 42.6 Å². The molecule has 7 atom stereocenters. The van der Waals surface area contributed by atoms with E-state index in [1.54, 1.807) is 51.1 Å². The average molecular weight is 804 g/mol. The topological polar surface area (TPSA) is 185 Å². The van der Waals surface area contributed by atoms with Gasteiger partial charge in [0.25, 0.3) is 5.91 Å². The van der Waals surface area contributed by atoms with Gasteiger partial charge < -0.3 is 24.8 Å². The number of benzene rings is 1. The Balaban J connectivity index is 1.49. The number of ether oxygens (including phenoxy) is 2. The maximum atomic E-state index is 17.5. The van der Waals surface area contributed by atoms with Gasteiger partial charge in [-0.2, -0.15) is 8.78 Å². The second-order valence-electron chi connectivity index (χ2n) is 16.2. The van der Waals surface area contributed by atoms with Gasteiger partial charge in [0, 0.05) is 22.7 Å². The van der Waals surface area contributed by atoms with Crippen molar-refractivity contribution in [3.8, 4) is 11.6 Å². The van der Waals surface area contributed by atoms with Gasteiger partial charge in [-0.05, 0) is 77.2 Å². The Kier molecular flexibility index (Phi) is 11.1. The Bertz CT molecular complexity index is 2030. The van der Waals surface area contributed by atoms with Gasteiger partial charge in [-0.15, -0.1) is 0 Å². The number of nitrogens with zero attached hydrogens (tertiary/aromatic N) is 3. The molecule has 2 aromatic rings. The van der Waals surface area contributed by atoms with Crippen molar-refractivity contribution in [2.24, 2.45) is 17.8 Å². The Morgan fingerprint density at radius 2 is 1.84 bits per heavy atom. The number of aromatic nitrogens is 1. The van der Waals surface area contributed by atoms with E-state index in [1.807, 2.05) is 13.0 Å². The van der Waals surface area contributed by atoms with Crippen LogP contribution in [0.5, 0.6) is 11.6 Å². The number of pyridine rings is 1. The standard InChI is InChI=1S/C39H51F2N5O9S/c1-7-24-18-23(4)12-8-9-13-25-19-38(25,35(49)44-56(52,53)26-16-17-26)43-32(47)31-39(40,41)37(5,21-45(31)34(48)30(24)46(22(2)3)36(50)51)55-33-28-15-11-10-14-27(28)29(54-6)20-42-33/h9-11,13-15,20,22-26,30-31H,7-8,12,16-19,21H2,1-6H3,(H,43,47)(H,44,49)(H,50,51)/b13-9-/t23-,24+,25+,30-,31-,37+,38+/m0/s1. The fourth-order valence-electron chi connectivity index (χ4n) is 8.34. The number of hydrogen-bond donors (Lipinski definition) is 3. The predicted molar refractivity (Wildman–Crippen MR) is 202 cm³/mol. The molecule has 1 aromatic heterocycles. The molecule has 2 aliphatic carbocycles. The summed E-state index contributed by atoms with van der Waals surface area (Å²) >= 11 is 0. The summed E-state index contributed by atoms with van der Waals surface area (Å²) < 4.78 is 74.4. The summed E-state index contributed by atoms with van der Waals surface area (Å²) in [5.41, 5.74) is -4.53. The van der Waals surface area contributed by atoms with E-state index < -0.39 is 92.7 Å². The SMILES string of the molecule is CC[C@@H]1C[C@@H](C)CC/C=C\[C@@H]2C[C@@]2(C(=O)NS(=O)(=O)C2CC2)NC(=O)[C@@H]2N(C[C@@](C)(Oc3ncc(OC)c4ccccc34)C2(F)F)C(=O)[C@H]1N(C(=O)O)C(C)C. The van der Waals surface area contributed by atoms with Crippen molar-refractivity contribution < 1.29 is 51.0 Å². The zero-order valence-electron chi connectivity index (χ0n) is 32.5. The number of methoxy groups -OCH3 is 1. The van der Waals surface area contributed by atoms with Gasteiger partial charge in [0.15, 0.2) is 11.6 Å². The molecule has 3 N–H and O–H groups in total. The number of carbonyl (C=O) groups excluding carboxylic acids is 3. The summed E-state index contributed by atoms with van der Waals surface area (Å²) in [5.74, 6) is -8.94. The molecule has 1 aromatic carbocycles. The first-order chi connectivity index (χ1) is 26.3. The molecule has 0 radical (unpaired) electrons. The van der Waals surface area contributed by atoms with Crippen molar-refractivity contribution in [1.82, 2.24) is 24.8 Å². The number of alkyl halides is 2. The minimum absolute atomic E-state index is 0.0395. The monoisotopic (exact) mass is 803 g/mol. The molecule has 2 aliphatic heterocycles. The molecule has 0 unspecified atom stereocenters. The molecule has 1 saturated heterocycles. The smallest absolute Gasteiger partial charge is 0.408 e. The number of allylic oxidation sites excluding steroid dienone is 1. The van der Waals surface area contributed by atoms with Crippen LogP contribution in [0.15, 0.2) is 42.6 Å². The third-order valence-corrected chi connectivity index (χ3v) is 13.6. The van der Waals surface area contributed by atoms with Gasteiger partial charge in [0.1, 0.15) is 17.3 Å². The Hall–Kier alpha value is -4.54. The van der Waals surface area contributed by atoms with Crippen LogP contribution in [0.1, 0.15) is 79.6 Å². The summed E-state index contributed by atoms with van der Waals surface area (Å²) in [6.45, 7) is 7.11. The lowest BCUT2D eigenvalue weighted by atomic mass is 9.83. The highest BCUT2D eigenvalue weighted by Crippen LogP contribution is 2.50. The number of fused-ring (bicyclic) bond motifs is 3. The number of hydrogen-bond acceptors (Lipinski definition) is 9. The highest BCUT2D eigenvalue weighted by Gasteiger charge is 2.72. The van der Waals surface area contributed by atoms with Crippen LogP contribution in [-0.2, 0) is 24.4 Å². The summed E-state index contributed by atoms with van der Waals surface area (Å²) in [7, 11) is -2.66. The average Bonchev–Trinajstić information content (AvgIpc) is 4.06. The fourth-order valence-corrected chi connectivity index (χ4v) is 9.71. The van der Waals surface area contributed by atoms with Crippen LogP contribution in [0.25, 0.3) is 10.8 Å². The molecule has 4 aliphatic rings. The molecular weight excluding hydrogens is 753 g/mol. The normalized spacial score (nSPS) is 31.3. The van der Waals surface area contributed by atoms with Crippen LogP contribution in [0.3, 0.4) is 0 Å². The number of carboxylic acid groups (broad SMARTS) is 1. The second-order valence-corrected chi connectivity index (χ2v) is 18.2. The van der Waals surface area contributed by atoms with E-state index in [2.05, 4.69) is 15.0 Å². The van der Waals surface area contributed by atoms with Crippen LogP contribution < -0.4 is 19.5 Å². The largest absolute Gasteiger partial charge is 0.494 e. The lowest BCUT2D eigenvalue weighted by Gasteiger charge is -2.40.